The Morgan fingerprint density at radius 2 is 1.64 bits per heavy atom. The summed E-state index contributed by atoms with van der Waals surface area (Å²) in [7, 11) is 0. The normalized spacial score (nSPS) is 14.5. The Morgan fingerprint density at radius 3 is 2.27 bits per heavy atom. The van der Waals surface area contributed by atoms with Crippen LogP contribution >= 0.6 is 0 Å². The molecule has 3 aromatic rings. The highest BCUT2D eigenvalue weighted by Crippen LogP contribution is 2.35. The SMILES string of the molecule is CC(=O)c1nc(-c2ccc(F)c(F)c2)cc(N2CCN(c3ncccc3C(F)(F)F)CC2)n1. The molecule has 0 N–H and O–H groups in total. The molecule has 33 heavy (non-hydrogen) atoms. The van der Waals surface area contributed by atoms with Gasteiger partial charge in [0.25, 0.3) is 0 Å². The van der Waals surface area contributed by atoms with Crippen LogP contribution in [0, 0.1) is 11.6 Å². The molecule has 0 radical (unpaired) electrons. The second kappa shape index (κ2) is 8.72. The van der Waals surface area contributed by atoms with Crippen molar-refractivity contribution in [1.29, 1.82) is 0 Å². The van der Waals surface area contributed by atoms with Crippen molar-refractivity contribution >= 4 is 17.4 Å². The van der Waals surface area contributed by atoms with E-state index in [0.29, 0.717) is 18.9 Å². The molecule has 6 nitrogen and oxygen atoms in total. The zero-order chi connectivity index (χ0) is 23.8. The third-order valence-electron chi connectivity index (χ3n) is 5.24. The fraction of sp³-hybridized carbons (Fsp3) is 0.273. The van der Waals surface area contributed by atoms with Crippen molar-refractivity contribution in [2.75, 3.05) is 36.0 Å². The van der Waals surface area contributed by atoms with Gasteiger partial charge in [0.2, 0.25) is 0 Å². The molecule has 1 saturated heterocycles. The van der Waals surface area contributed by atoms with Crippen molar-refractivity contribution in [3.8, 4) is 11.3 Å². The number of carbonyl (C=O) groups excluding carboxylic acids is 1. The molecule has 172 valence electrons. The Labute approximate surface area is 185 Å². The Morgan fingerprint density at radius 1 is 0.939 bits per heavy atom. The number of anilines is 2. The van der Waals surface area contributed by atoms with Gasteiger partial charge >= 0.3 is 6.18 Å². The van der Waals surface area contributed by atoms with Gasteiger partial charge < -0.3 is 9.80 Å². The van der Waals surface area contributed by atoms with E-state index in [0.717, 1.165) is 18.2 Å². The van der Waals surface area contributed by atoms with Gasteiger partial charge in [-0.15, -0.1) is 0 Å². The van der Waals surface area contributed by atoms with Gasteiger partial charge in [-0.3, -0.25) is 4.79 Å². The summed E-state index contributed by atoms with van der Waals surface area (Å²) in [4.78, 5) is 27.6. The van der Waals surface area contributed by atoms with E-state index < -0.39 is 29.2 Å². The Bertz CT molecular complexity index is 1190. The number of hydrogen-bond donors (Lipinski definition) is 0. The van der Waals surface area contributed by atoms with Crippen LogP contribution < -0.4 is 9.80 Å². The van der Waals surface area contributed by atoms with Crippen LogP contribution in [0.5, 0.6) is 0 Å². The van der Waals surface area contributed by atoms with Crippen molar-refractivity contribution in [3.63, 3.8) is 0 Å². The number of aromatic nitrogens is 3. The van der Waals surface area contributed by atoms with E-state index >= 15 is 0 Å². The van der Waals surface area contributed by atoms with Gasteiger partial charge in [0.15, 0.2) is 23.2 Å². The van der Waals surface area contributed by atoms with Crippen LogP contribution in [-0.2, 0) is 6.18 Å². The Hall–Kier alpha value is -3.63. The number of piperazine rings is 1. The van der Waals surface area contributed by atoms with Crippen molar-refractivity contribution < 1.29 is 26.7 Å². The molecule has 3 heterocycles. The number of hydrogen-bond acceptors (Lipinski definition) is 6. The zero-order valence-electron chi connectivity index (χ0n) is 17.4. The van der Waals surface area contributed by atoms with Crippen LogP contribution in [0.1, 0.15) is 23.1 Å². The van der Waals surface area contributed by atoms with E-state index in [4.69, 9.17) is 0 Å². The number of ketones is 1. The van der Waals surface area contributed by atoms with Crippen LogP contribution in [-0.4, -0.2) is 46.9 Å². The standard InChI is InChI=1S/C22H18F5N5O/c1-13(33)20-29-18(14-4-5-16(23)17(24)11-14)12-19(30-20)31-7-9-32(10-8-31)21-15(22(25,26)27)3-2-6-28-21/h2-6,11-12H,7-10H2,1H3. The van der Waals surface area contributed by atoms with Crippen LogP contribution in [0.15, 0.2) is 42.6 Å². The summed E-state index contributed by atoms with van der Waals surface area (Å²) in [5.41, 5.74) is -0.308. The van der Waals surface area contributed by atoms with E-state index in [2.05, 4.69) is 15.0 Å². The van der Waals surface area contributed by atoms with E-state index in [9.17, 15) is 26.7 Å². The molecule has 0 unspecified atom stereocenters. The molecular formula is C22H18F5N5O. The molecule has 1 fully saturated rings. The van der Waals surface area contributed by atoms with Gasteiger partial charge in [-0.2, -0.15) is 13.2 Å². The molecule has 1 aliphatic rings. The molecule has 0 amide bonds. The monoisotopic (exact) mass is 463 g/mol. The third-order valence-corrected chi connectivity index (χ3v) is 5.24. The number of alkyl halides is 3. The molecule has 1 aliphatic heterocycles. The minimum absolute atomic E-state index is 0.0984. The maximum absolute atomic E-state index is 13.7. The highest BCUT2D eigenvalue weighted by molar-refractivity contribution is 5.91. The number of pyridine rings is 1. The lowest BCUT2D eigenvalue weighted by Gasteiger charge is -2.37. The summed E-state index contributed by atoms with van der Waals surface area (Å²) in [5, 5.41) is 0. The van der Waals surface area contributed by atoms with Gasteiger partial charge in [0, 0.05) is 50.9 Å². The number of rotatable bonds is 4. The molecule has 0 spiro atoms. The molecule has 4 rings (SSSR count). The summed E-state index contributed by atoms with van der Waals surface area (Å²) in [5.74, 6) is -2.35. The van der Waals surface area contributed by atoms with Gasteiger partial charge in [0.1, 0.15) is 11.6 Å². The van der Waals surface area contributed by atoms with E-state index in [1.54, 1.807) is 9.80 Å². The van der Waals surface area contributed by atoms with Gasteiger partial charge in [0.05, 0.1) is 11.3 Å². The fourth-order valence-electron chi connectivity index (χ4n) is 3.57. The largest absolute Gasteiger partial charge is 0.419 e. The lowest BCUT2D eigenvalue weighted by molar-refractivity contribution is -0.137. The summed E-state index contributed by atoms with van der Waals surface area (Å²) in [6.45, 7) is 2.37. The second-order valence-electron chi connectivity index (χ2n) is 7.47. The predicted octanol–water partition coefficient (Wildman–Crippen LogP) is 4.36. The average molecular weight is 463 g/mol. The molecule has 0 bridgehead atoms. The molecule has 0 atom stereocenters. The molecule has 1 aromatic carbocycles. The Kier molecular flexibility index (Phi) is 5.96. The van der Waals surface area contributed by atoms with Crippen molar-refractivity contribution in [1.82, 2.24) is 15.0 Å². The number of halogens is 5. The lowest BCUT2D eigenvalue weighted by Crippen LogP contribution is -2.47. The first-order valence-corrected chi connectivity index (χ1v) is 10.0. The minimum atomic E-state index is -4.52. The molecule has 0 saturated carbocycles. The maximum atomic E-state index is 13.7. The topological polar surface area (TPSA) is 62.2 Å². The highest BCUT2D eigenvalue weighted by Gasteiger charge is 2.36. The van der Waals surface area contributed by atoms with Crippen LogP contribution in [0.25, 0.3) is 11.3 Å². The lowest BCUT2D eigenvalue weighted by atomic mass is 10.1. The number of Topliss-reactive ketones (excluding diaryl/α,β-unsaturated/α-hetero) is 1. The zero-order valence-corrected chi connectivity index (χ0v) is 17.4. The average Bonchev–Trinajstić information content (AvgIpc) is 2.80. The first-order valence-electron chi connectivity index (χ1n) is 10.0. The summed E-state index contributed by atoms with van der Waals surface area (Å²) in [6.07, 6.45) is -3.21. The fourth-order valence-corrected chi connectivity index (χ4v) is 3.57. The molecule has 11 heteroatoms. The van der Waals surface area contributed by atoms with Gasteiger partial charge in [-0.25, -0.2) is 23.7 Å². The summed E-state index contributed by atoms with van der Waals surface area (Å²) >= 11 is 0. The third kappa shape index (κ3) is 4.76. The number of benzene rings is 1. The number of carbonyl (C=O) groups is 1. The van der Waals surface area contributed by atoms with Crippen LogP contribution in [0.3, 0.4) is 0 Å². The van der Waals surface area contributed by atoms with Crippen molar-refractivity contribution in [2.45, 2.75) is 13.1 Å². The van der Waals surface area contributed by atoms with E-state index in [1.165, 1.54) is 31.3 Å². The van der Waals surface area contributed by atoms with E-state index in [1.807, 2.05) is 0 Å². The second-order valence-corrected chi connectivity index (χ2v) is 7.47. The van der Waals surface area contributed by atoms with Crippen molar-refractivity contribution in [3.05, 3.63) is 65.6 Å². The molecule has 2 aromatic heterocycles. The Balaban J connectivity index is 1.60. The van der Waals surface area contributed by atoms with E-state index in [-0.39, 0.29) is 36.0 Å². The first kappa shape index (κ1) is 22.6. The van der Waals surface area contributed by atoms with Crippen LogP contribution in [0.2, 0.25) is 0 Å². The van der Waals surface area contributed by atoms with Gasteiger partial charge in [-0.1, -0.05) is 0 Å². The molecular weight excluding hydrogens is 445 g/mol. The molecule has 0 aliphatic carbocycles. The number of nitrogens with zero attached hydrogens (tertiary/aromatic N) is 5. The minimum Gasteiger partial charge on any atom is -0.353 e. The highest BCUT2D eigenvalue weighted by atomic mass is 19.4. The quantitative estimate of drug-likeness (QED) is 0.423. The first-order chi connectivity index (χ1) is 15.6. The smallest absolute Gasteiger partial charge is 0.353 e. The van der Waals surface area contributed by atoms with Gasteiger partial charge in [-0.05, 0) is 30.3 Å². The summed E-state index contributed by atoms with van der Waals surface area (Å²) in [6, 6.07) is 7.05. The van der Waals surface area contributed by atoms with Crippen LogP contribution in [0.4, 0.5) is 33.6 Å². The maximum Gasteiger partial charge on any atom is 0.419 e. The predicted molar refractivity (Wildman–Crippen MR) is 111 cm³/mol. The summed E-state index contributed by atoms with van der Waals surface area (Å²) < 4.78 is 67.1. The van der Waals surface area contributed by atoms with Crippen molar-refractivity contribution in [2.24, 2.45) is 0 Å².